The molecule has 41 heavy (non-hydrogen) atoms. The van der Waals surface area contributed by atoms with Crippen molar-refractivity contribution >= 4 is 11.7 Å². The highest BCUT2D eigenvalue weighted by atomic mass is 16.7. The van der Waals surface area contributed by atoms with Crippen molar-refractivity contribution in [2.75, 3.05) is 32.1 Å². The molecule has 0 saturated carbocycles. The van der Waals surface area contributed by atoms with E-state index in [0.29, 0.717) is 18.3 Å². The summed E-state index contributed by atoms with van der Waals surface area (Å²) < 4.78 is 18.7. The number of ether oxygens (including phenoxy) is 3. The lowest BCUT2D eigenvalue weighted by atomic mass is 9.90. The summed E-state index contributed by atoms with van der Waals surface area (Å²) in [6.07, 6.45) is 1.53. The van der Waals surface area contributed by atoms with Crippen LogP contribution in [0.15, 0.2) is 78.9 Å². The van der Waals surface area contributed by atoms with Gasteiger partial charge in [-0.25, -0.2) is 4.79 Å². The smallest absolute Gasteiger partial charge is 0.319 e. The highest BCUT2D eigenvalue weighted by Crippen LogP contribution is 2.42. The second-order valence-corrected chi connectivity index (χ2v) is 11.0. The van der Waals surface area contributed by atoms with Crippen LogP contribution >= 0.6 is 0 Å². The second-order valence-electron chi connectivity index (χ2n) is 11.0. The molecule has 0 aliphatic carbocycles. The van der Waals surface area contributed by atoms with E-state index in [1.54, 1.807) is 7.11 Å². The van der Waals surface area contributed by atoms with Gasteiger partial charge in [0.25, 0.3) is 0 Å². The van der Waals surface area contributed by atoms with E-state index >= 15 is 0 Å². The van der Waals surface area contributed by atoms with Crippen LogP contribution in [0.2, 0.25) is 0 Å². The first-order chi connectivity index (χ1) is 20.0. The number of nitrogens with one attached hydrogen (secondary N) is 2. The summed E-state index contributed by atoms with van der Waals surface area (Å²) in [6.45, 7) is 5.22. The highest BCUT2D eigenvalue weighted by Gasteiger charge is 2.40. The molecule has 3 aromatic carbocycles. The lowest BCUT2D eigenvalue weighted by Crippen LogP contribution is -2.46. The number of urea groups is 1. The molecule has 2 fully saturated rings. The molecule has 2 saturated heterocycles. The van der Waals surface area contributed by atoms with Gasteiger partial charge in [0.2, 0.25) is 0 Å². The van der Waals surface area contributed by atoms with E-state index in [1.807, 2.05) is 78.9 Å². The molecule has 8 heteroatoms. The van der Waals surface area contributed by atoms with E-state index in [4.69, 9.17) is 14.2 Å². The van der Waals surface area contributed by atoms with Gasteiger partial charge in [-0.2, -0.15) is 0 Å². The zero-order valence-electron chi connectivity index (χ0n) is 23.9. The first-order valence-corrected chi connectivity index (χ1v) is 14.5. The average Bonchev–Trinajstić information content (AvgIpc) is 3.44. The van der Waals surface area contributed by atoms with Crippen LogP contribution in [0.1, 0.15) is 54.4 Å². The van der Waals surface area contributed by atoms with Crippen molar-refractivity contribution in [1.29, 1.82) is 0 Å². The summed E-state index contributed by atoms with van der Waals surface area (Å²) >= 11 is 0. The molecule has 3 N–H and O–H groups in total. The maximum absolute atomic E-state index is 12.4. The number of amides is 2. The highest BCUT2D eigenvalue weighted by molar-refractivity contribution is 5.89. The Morgan fingerprint density at radius 3 is 2.41 bits per heavy atom. The summed E-state index contributed by atoms with van der Waals surface area (Å²) in [7, 11) is 1.76. The van der Waals surface area contributed by atoms with Gasteiger partial charge in [0.05, 0.1) is 25.4 Å². The van der Waals surface area contributed by atoms with Gasteiger partial charge in [0.15, 0.2) is 6.29 Å². The minimum Gasteiger partial charge on any atom is -0.392 e. The minimum absolute atomic E-state index is 0.0101. The predicted octanol–water partition coefficient (Wildman–Crippen LogP) is 5.40. The third-order valence-electron chi connectivity index (χ3n) is 8.13. The first kappa shape index (κ1) is 29.2. The number of hydrogen-bond donors (Lipinski definition) is 3. The van der Waals surface area contributed by atoms with Gasteiger partial charge in [0.1, 0.15) is 0 Å². The summed E-state index contributed by atoms with van der Waals surface area (Å²) in [4.78, 5) is 14.9. The Bertz CT molecular complexity index is 1240. The molecule has 0 unspecified atom stereocenters. The summed E-state index contributed by atoms with van der Waals surface area (Å²) in [5.74, 6) is 0.115. The molecule has 0 aromatic heterocycles. The van der Waals surface area contributed by atoms with Crippen molar-refractivity contribution in [1.82, 2.24) is 10.2 Å². The SMILES string of the molecule is COC[C@@H]1CCCN1C[C@H]1O[C@@H](c2ccc(NC(=O)NCc3ccccc3)cc2)O[C@@H](c2ccc(CO)cc2)[C@H]1C. The molecule has 2 aliphatic rings. The Morgan fingerprint density at radius 1 is 0.976 bits per heavy atom. The molecule has 0 spiro atoms. The monoisotopic (exact) mass is 559 g/mol. The Labute approximate surface area is 242 Å². The molecule has 218 valence electrons. The molecule has 2 aliphatic heterocycles. The number of likely N-dealkylation sites (tertiary alicyclic amines) is 1. The fourth-order valence-corrected chi connectivity index (χ4v) is 5.75. The number of methoxy groups -OCH3 is 1. The van der Waals surface area contributed by atoms with Crippen molar-refractivity contribution in [2.45, 2.75) is 57.5 Å². The molecule has 8 nitrogen and oxygen atoms in total. The zero-order valence-corrected chi connectivity index (χ0v) is 23.9. The number of anilines is 1. The van der Waals surface area contributed by atoms with Crippen LogP contribution in [0, 0.1) is 5.92 Å². The van der Waals surface area contributed by atoms with Crippen molar-refractivity contribution in [3.8, 4) is 0 Å². The van der Waals surface area contributed by atoms with Crippen molar-refractivity contribution in [3.63, 3.8) is 0 Å². The van der Waals surface area contributed by atoms with Crippen LogP contribution in [-0.2, 0) is 27.4 Å². The van der Waals surface area contributed by atoms with Gasteiger partial charge in [-0.3, -0.25) is 4.90 Å². The molecule has 2 amide bonds. The fourth-order valence-electron chi connectivity index (χ4n) is 5.75. The Morgan fingerprint density at radius 2 is 1.71 bits per heavy atom. The summed E-state index contributed by atoms with van der Waals surface area (Å²) in [5.41, 5.74) is 4.56. The van der Waals surface area contributed by atoms with E-state index < -0.39 is 6.29 Å². The van der Waals surface area contributed by atoms with Gasteiger partial charge >= 0.3 is 6.03 Å². The Hall–Kier alpha value is -3.27. The maximum Gasteiger partial charge on any atom is 0.319 e. The zero-order chi connectivity index (χ0) is 28.6. The van der Waals surface area contributed by atoms with Crippen LogP contribution in [0.3, 0.4) is 0 Å². The Balaban J connectivity index is 1.28. The molecule has 3 aromatic rings. The predicted molar refractivity (Wildman–Crippen MR) is 158 cm³/mol. The molecule has 0 bridgehead atoms. The minimum atomic E-state index is -0.553. The molecule has 0 radical (unpaired) electrons. The van der Waals surface area contributed by atoms with Crippen molar-refractivity contribution < 1.29 is 24.1 Å². The van der Waals surface area contributed by atoms with Crippen molar-refractivity contribution in [3.05, 3.63) is 101 Å². The van der Waals surface area contributed by atoms with Gasteiger partial charge in [-0.05, 0) is 48.2 Å². The average molecular weight is 560 g/mol. The van der Waals surface area contributed by atoms with Gasteiger partial charge in [-0.15, -0.1) is 0 Å². The molecule has 5 rings (SSSR count). The number of carbonyl (C=O) groups is 1. The number of aliphatic hydroxyl groups excluding tert-OH is 1. The van der Waals surface area contributed by atoms with E-state index in [9.17, 15) is 9.90 Å². The van der Waals surface area contributed by atoms with Crippen LogP contribution in [0.25, 0.3) is 0 Å². The van der Waals surface area contributed by atoms with Crippen LogP contribution in [0.4, 0.5) is 10.5 Å². The summed E-state index contributed by atoms with van der Waals surface area (Å²) in [6, 6.07) is 25.5. The summed E-state index contributed by atoms with van der Waals surface area (Å²) in [5, 5.41) is 15.3. The van der Waals surface area contributed by atoms with Gasteiger partial charge < -0.3 is 30.0 Å². The molecular weight excluding hydrogens is 518 g/mol. The van der Waals surface area contributed by atoms with Crippen LogP contribution < -0.4 is 10.6 Å². The third kappa shape index (κ3) is 7.52. The number of nitrogens with zero attached hydrogens (tertiary/aromatic N) is 1. The number of hydrogen-bond acceptors (Lipinski definition) is 6. The number of benzene rings is 3. The van der Waals surface area contributed by atoms with Crippen molar-refractivity contribution in [2.24, 2.45) is 5.92 Å². The lowest BCUT2D eigenvalue weighted by Gasteiger charge is -2.43. The number of carbonyl (C=O) groups excluding carboxylic acids is 1. The number of aliphatic hydroxyl groups is 1. The lowest BCUT2D eigenvalue weighted by molar-refractivity contribution is -0.276. The number of rotatable bonds is 10. The quantitative estimate of drug-likeness (QED) is 0.308. The fraction of sp³-hybridized carbons (Fsp3) is 0.424. The van der Waals surface area contributed by atoms with E-state index in [1.165, 1.54) is 0 Å². The molecule has 5 atom stereocenters. The topological polar surface area (TPSA) is 92.3 Å². The standard InChI is InChI=1S/C33H41N3O5/c1-23-30(20-36-18-6-9-29(36)22-39-2)40-32(41-31(23)26-12-10-25(21-37)11-13-26)27-14-16-28(17-15-27)35-33(38)34-19-24-7-4-3-5-8-24/h3-5,7-8,10-17,23,29-32,37H,6,9,18-22H2,1-2H3,(H2,34,35,38)/t23-,29-,30+,31+,32+/m0/s1. The van der Waals surface area contributed by atoms with E-state index in [2.05, 4.69) is 22.5 Å². The van der Waals surface area contributed by atoms with E-state index in [0.717, 1.165) is 54.8 Å². The second kappa shape index (κ2) is 14.1. The Kier molecular flexibility index (Phi) is 10.0. The van der Waals surface area contributed by atoms with Gasteiger partial charge in [0, 0.05) is 43.4 Å². The van der Waals surface area contributed by atoms with E-state index in [-0.39, 0.29) is 30.8 Å². The first-order valence-electron chi connectivity index (χ1n) is 14.5. The van der Waals surface area contributed by atoms with Gasteiger partial charge in [-0.1, -0.05) is 73.7 Å². The molecule has 2 heterocycles. The van der Waals surface area contributed by atoms with Crippen LogP contribution in [-0.4, -0.2) is 55.0 Å². The molecular formula is C33H41N3O5. The maximum atomic E-state index is 12.4. The normalized spacial score (nSPS) is 24.7. The van der Waals surface area contributed by atoms with Crippen LogP contribution in [0.5, 0.6) is 0 Å². The third-order valence-corrected chi connectivity index (χ3v) is 8.13. The largest absolute Gasteiger partial charge is 0.392 e.